The van der Waals surface area contributed by atoms with Gasteiger partial charge in [0.15, 0.2) is 0 Å². The van der Waals surface area contributed by atoms with Gasteiger partial charge in [-0.15, -0.1) is 0 Å². The number of aliphatic hydroxyl groups excluding tert-OH is 1. The predicted molar refractivity (Wildman–Crippen MR) is 46.2 cm³/mol. The Hall–Kier alpha value is -0.890. The van der Waals surface area contributed by atoms with Gasteiger partial charge in [0.25, 0.3) is 0 Å². The molecule has 0 amide bonds. The summed E-state index contributed by atoms with van der Waals surface area (Å²) in [5.74, 6) is -0.291. The van der Waals surface area contributed by atoms with Crippen LogP contribution >= 0.6 is 0 Å². The molecule has 1 atom stereocenters. The maximum absolute atomic E-state index is 13.0. The van der Waals surface area contributed by atoms with Crippen molar-refractivity contribution in [3.63, 3.8) is 0 Å². The smallest absolute Gasteiger partial charge is 0.129 e. The van der Waals surface area contributed by atoms with Crippen molar-refractivity contribution in [2.45, 2.75) is 20.0 Å². The highest BCUT2D eigenvalue weighted by Crippen LogP contribution is 2.23. The molecule has 0 fully saturated rings. The van der Waals surface area contributed by atoms with Gasteiger partial charge in [-0.1, -0.05) is 32.0 Å². The van der Waals surface area contributed by atoms with Crippen LogP contribution in [0.1, 0.15) is 25.5 Å². The lowest BCUT2D eigenvalue weighted by molar-refractivity contribution is 0.123. The standard InChI is InChI=1S/C10H13FO/c1-7(2)10(12)8-5-3-4-6-9(8)11/h3-7,10,12H,1-2H3. The van der Waals surface area contributed by atoms with Crippen LogP contribution in [0.2, 0.25) is 0 Å². The number of hydrogen-bond donors (Lipinski definition) is 1. The highest BCUT2D eigenvalue weighted by Gasteiger charge is 2.14. The fraction of sp³-hybridized carbons (Fsp3) is 0.400. The van der Waals surface area contributed by atoms with Gasteiger partial charge in [-0.2, -0.15) is 0 Å². The van der Waals surface area contributed by atoms with E-state index in [1.807, 2.05) is 13.8 Å². The number of hydrogen-bond acceptors (Lipinski definition) is 1. The normalized spacial score (nSPS) is 13.4. The summed E-state index contributed by atoms with van der Waals surface area (Å²) in [6.45, 7) is 3.72. The molecule has 1 aromatic rings. The molecule has 1 nitrogen and oxygen atoms in total. The number of aliphatic hydroxyl groups is 1. The second-order valence-corrected chi connectivity index (χ2v) is 3.21. The van der Waals surface area contributed by atoms with Gasteiger partial charge in [0.1, 0.15) is 5.82 Å². The molecule has 0 saturated carbocycles. The van der Waals surface area contributed by atoms with E-state index in [-0.39, 0.29) is 11.7 Å². The molecule has 0 bridgehead atoms. The molecule has 0 saturated heterocycles. The maximum atomic E-state index is 13.0. The molecular formula is C10H13FO. The van der Waals surface area contributed by atoms with Crippen LogP contribution in [0.25, 0.3) is 0 Å². The molecule has 1 rings (SSSR count). The predicted octanol–water partition coefficient (Wildman–Crippen LogP) is 2.52. The summed E-state index contributed by atoms with van der Waals surface area (Å²) >= 11 is 0. The first-order chi connectivity index (χ1) is 5.63. The number of rotatable bonds is 2. The highest BCUT2D eigenvalue weighted by atomic mass is 19.1. The Bertz CT molecular complexity index is 258. The zero-order chi connectivity index (χ0) is 9.14. The molecule has 2 heteroatoms. The topological polar surface area (TPSA) is 20.2 Å². The van der Waals surface area contributed by atoms with Crippen LogP contribution in [0.4, 0.5) is 4.39 Å². The van der Waals surface area contributed by atoms with Gasteiger partial charge in [-0.05, 0) is 12.0 Å². The van der Waals surface area contributed by atoms with Gasteiger partial charge in [0.05, 0.1) is 6.10 Å². The van der Waals surface area contributed by atoms with Crippen molar-refractivity contribution in [3.8, 4) is 0 Å². The van der Waals surface area contributed by atoms with Gasteiger partial charge in [0, 0.05) is 5.56 Å². The van der Waals surface area contributed by atoms with Crippen LogP contribution < -0.4 is 0 Å². The molecule has 0 aromatic heterocycles. The van der Waals surface area contributed by atoms with Gasteiger partial charge in [-0.3, -0.25) is 0 Å². The Labute approximate surface area is 71.9 Å². The average Bonchev–Trinajstić information content (AvgIpc) is 2.04. The Morgan fingerprint density at radius 3 is 2.33 bits per heavy atom. The Balaban J connectivity index is 2.94. The van der Waals surface area contributed by atoms with Crippen LogP contribution in [-0.4, -0.2) is 5.11 Å². The molecule has 0 radical (unpaired) electrons. The zero-order valence-electron chi connectivity index (χ0n) is 7.29. The molecule has 0 aliphatic carbocycles. The first-order valence-corrected chi connectivity index (χ1v) is 4.05. The van der Waals surface area contributed by atoms with E-state index in [1.165, 1.54) is 6.07 Å². The lowest BCUT2D eigenvalue weighted by atomic mass is 9.99. The third kappa shape index (κ3) is 1.83. The van der Waals surface area contributed by atoms with Crippen LogP contribution in [0.5, 0.6) is 0 Å². The highest BCUT2D eigenvalue weighted by molar-refractivity contribution is 5.19. The minimum atomic E-state index is -0.703. The second kappa shape index (κ2) is 3.68. The first kappa shape index (κ1) is 9.20. The molecule has 0 spiro atoms. The number of benzene rings is 1. The van der Waals surface area contributed by atoms with Gasteiger partial charge in [0.2, 0.25) is 0 Å². The molecule has 12 heavy (non-hydrogen) atoms. The van der Waals surface area contributed by atoms with E-state index in [1.54, 1.807) is 18.2 Å². The van der Waals surface area contributed by atoms with E-state index in [4.69, 9.17) is 0 Å². The quantitative estimate of drug-likeness (QED) is 0.719. The molecular weight excluding hydrogens is 155 g/mol. The van der Waals surface area contributed by atoms with Crippen LogP contribution in [0.3, 0.4) is 0 Å². The summed E-state index contributed by atoms with van der Waals surface area (Å²) in [4.78, 5) is 0. The zero-order valence-corrected chi connectivity index (χ0v) is 7.29. The van der Waals surface area contributed by atoms with Crippen molar-refractivity contribution >= 4 is 0 Å². The summed E-state index contributed by atoms with van der Waals surface area (Å²) < 4.78 is 13.0. The summed E-state index contributed by atoms with van der Waals surface area (Å²) in [6.07, 6.45) is -0.703. The summed E-state index contributed by atoms with van der Waals surface area (Å²) in [7, 11) is 0. The molecule has 1 unspecified atom stereocenters. The van der Waals surface area contributed by atoms with Crippen LogP contribution in [0.15, 0.2) is 24.3 Å². The molecule has 0 aliphatic heterocycles. The van der Waals surface area contributed by atoms with Crippen molar-refractivity contribution in [3.05, 3.63) is 35.6 Å². The lowest BCUT2D eigenvalue weighted by Gasteiger charge is -2.14. The summed E-state index contributed by atoms with van der Waals surface area (Å²) in [5, 5.41) is 9.54. The van der Waals surface area contributed by atoms with E-state index in [2.05, 4.69) is 0 Å². The van der Waals surface area contributed by atoms with E-state index in [0.717, 1.165) is 0 Å². The number of halogens is 1. The SMILES string of the molecule is CC(C)C(O)c1ccccc1F. The van der Waals surface area contributed by atoms with Crippen LogP contribution in [0, 0.1) is 11.7 Å². The van der Waals surface area contributed by atoms with E-state index < -0.39 is 6.10 Å². The van der Waals surface area contributed by atoms with Crippen LogP contribution in [-0.2, 0) is 0 Å². The monoisotopic (exact) mass is 168 g/mol. The second-order valence-electron chi connectivity index (χ2n) is 3.21. The minimum Gasteiger partial charge on any atom is -0.388 e. The fourth-order valence-corrected chi connectivity index (χ4v) is 1.07. The van der Waals surface area contributed by atoms with Gasteiger partial charge < -0.3 is 5.11 Å². The Morgan fingerprint density at radius 1 is 1.25 bits per heavy atom. The first-order valence-electron chi connectivity index (χ1n) is 4.05. The average molecular weight is 168 g/mol. The van der Waals surface area contributed by atoms with E-state index >= 15 is 0 Å². The third-order valence-corrected chi connectivity index (χ3v) is 1.86. The van der Waals surface area contributed by atoms with Crippen molar-refractivity contribution in [1.29, 1.82) is 0 Å². The molecule has 1 N–H and O–H groups in total. The fourth-order valence-electron chi connectivity index (χ4n) is 1.07. The Morgan fingerprint density at radius 2 is 1.83 bits per heavy atom. The van der Waals surface area contributed by atoms with Crippen molar-refractivity contribution < 1.29 is 9.50 Å². The van der Waals surface area contributed by atoms with E-state index in [0.29, 0.717) is 5.56 Å². The maximum Gasteiger partial charge on any atom is 0.129 e. The van der Waals surface area contributed by atoms with Crippen molar-refractivity contribution in [2.24, 2.45) is 5.92 Å². The van der Waals surface area contributed by atoms with Crippen molar-refractivity contribution in [2.75, 3.05) is 0 Å². The molecule has 66 valence electrons. The molecule has 1 aromatic carbocycles. The minimum absolute atomic E-state index is 0.0434. The van der Waals surface area contributed by atoms with Gasteiger partial charge in [-0.25, -0.2) is 4.39 Å². The Kier molecular flexibility index (Phi) is 2.82. The molecule has 0 aliphatic rings. The summed E-state index contributed by atoms with van der Waals surface area (Å²) in [6, 6.07) is 6.32. The van der Waals surface area contributed by atoms with E-state index in [9.17, 15) is 9.50 Å². The third-order valence-electron chi connectivity index (χ3n) is 1.86. The van der Waals surface area contributed by atoms with Gasteiger partial charge >= 0.3 is 0 Å². The molecule has 0 heterocycles. The largest absolute Gasteiger partial charge is 0.388 e. The lowest BCUT2D eigenvalue weighted by Crippen LogP contribution is -2.07. The van der Waals surface area contributed by atoms with Crippen molar-refractivity contribution in [1.82, 2.24) is 0 Å². The summed E-state index contributed by atoms with van der Waals surface area (Å²) in [5.41, 5.74) is 0.382.